The van der Waals surface area contributed by atoms with Crippen LogP contribution in [0.4, 0.5) is 0 Å². The van der Waals surface area contributed by atoms with Crippen molar-refractivity contribution in [1.82, 2.24) is 10.1 Å². The first kappa shape index (κ1) is 10.6. The molecule has 0 aliphatic heterocycles. The summed E-state index contributed by atoms with van der Waals surface area (Å²) in [5, 5.41) is 13.6. The lowest BCUT2D eigenvalue weighted by Gasteiger charge is -2.03. The molecule has 1 fully saturated rings. The number of aliphatic hydroxyl groups excluding tert-OH is 1. The van der Waals surface area contributed by atoms with Gasteiger partial charge in [-0.05, 0) is 25.2 Å². The van der Waals surface area contributed by atoms with Crippen LogP contribution >= 0.6 is 0 Å². The zero-order chi connectivity index (χ0) is 10.8. The molecule has 1 saturated carbocycles. The number of aliphatic hydroxyl groups is 1. The smallest absolute Gasteiger partial charge is 0.229 e. The van der Waals surface area contributed by atoms with Crippen molar-refractivity contribution in [2.24, 2.45) is 5.92 Å². The molecular formula is C11H18N2O2. The largest absolute Gasteiger partial charge is 0.392 e. The molecule has 1 aliphatic rings. The normalized spacial score (nSPS) is 20.2. The zero-order valence-corrected chi connectivity index (χ0v) is 9.31. The van der Waals surface area contributed by atoms with Gasteiger partial charge in [-0.15, -0.1) is 0 Å². The summed E-state index contributed by atoms with van der Waals surface area (Å²) >= 11 is 0. The Morgan fingerprint density at radius 3 is 2.87 bits per heavy atom. The van der Waals surface area contributed by atoms with E-state index < -0.39 is 0 Å². The Balaban J connectivity index is 1.94. The molecule has 0 spiro atoms. The highest BCUT2D eigenvalue weighted by atomic mass is 16.5. The van der Waals surface area contributed by atoms with E-state index in [-0.39, 0.29) is 6.10 Å². The van der Waals surface area contributed by atoms with Crippen LogP contribution in [0.15, 0.2) is 4.52 Å². The molecule has 0 saturated heterocycles. The van der Waals surface area contributed by atoms with Gasteiger partial charge >= 0.3 is 0 Å². The lowest BCUT2D eigenvalue weighted by atomic mass is 10.1. The van der Waals surface area contributed by atoms with Crippen LogP contribution in [-0.2, 0) is 6.42 Å². The summed E-state index contributed by atoms with van der Waals surface area (Å²) in [6, 6.07) is 0. The molecular weight excluding hydrogens is 192 g/mol. The van der Waals surface area contributed by atoms with E-state index in [0.29, 0.717) is 24.1 Å². The van der Waals surface area contributed by atoms with Gasteiger partial charge in [0.15, 0.2) is 5.82 Å². The zero-order valence-electron chi connectivity index (χ0n) is 9.31. The maximum atomic E-state index is 9.72. The highest BCUT2D eigenvalue weighted by Gasteiger charge is 2.31. The topological polar surface area (TPSA) is 59.2 Å². The predicted molar refractivity (Wildman–Crippen MR) is 55.4 cm³/mol. The fourth-order valence-electron chi connectivity index (χ4n) is 1.56. The van der Waals surface area contributed by atoms with Gasteiger partial charge in [-0.2, -0.15) is 4.98 Å². The fourth-order valence-corrected chi connectivity index (χ4v) is 1.56. The van der Waals surface area contributed by atoms with Gasteiger partial charge in [0.25, 0.3) is 0 Å². The number of rotatable bonds is 5. The molecule has 1 aliphatic carbocycles. The Hall–Kier alpha value is -0.900. The maximum Gasteiger partial charge on any atom is 0.229 e. The Labute approximate surface area is 89.7 Å². The number of hydrogen-bond acceptors (Lipinski definition) is 4. The molecule has 1 aromatic rings. The van der Waals surface area contributed by atoms with Crippen molar-refractivity contribution in [3.8, 4) is 0 Å². The summed E-state index contributed by atoms with van der Waals surface area (Å²) in [6.07, 6.45) is 3.48. The van der Waals surface area contributed by atoms with Crippen molar-refractivity contribution in [3.05, 3.63) is 11.7 Å². The van der Waals surface area contributed by atoms with Crippen LogP contribution in [0.2, 0.25) is 0 Å². The van der Waals surface area contributed by atoms with Crippen molar-refractivity contribution in [2.75, 3.05) is 0 Å². The van der Waals surface area contributed by atoms with Gasteiger partial charge in [0.1, 0.15) is 0 Å². The van der Waals surface area contributed by atoms with E-state index in [0.717, 1.165) is 25.1 Å². The Morgan fingerprint density at radius 1 is 1.53 bits per heavy atom. The summed E-state index contributed by atoms with van der Waals surface area (Å²) in [4.78, 5) is 4.29. The first-order valence-corrected chi connectivity index (χ1v) is 5.71. The number of nitrogens with zero attached hydrogens (tertiary/aromatic N) is 2. The molecule has 1 aromatic heterocycles. The van der Waals surface area contributed by atoms with E-state index in [9.17, 15) is 5.11 Å². The first-order chi connectivity index (χ1) is 7.20. The third-order valence-electron chi connectivity index (χ3n) is 3.09. The Morgan fingerprint density at radius 2 is 2.27 bits per heavy atom. The summed E-state index contributed by atoms with van der Waals surface area (Å²) < 4.78 is 5.12. The van der Waals surface area contributed by atoms with E-state index in [1.807, 2.05) is 0 Å². The minimum absolute atomic E-state index is 0.296. The summed E-state index contributed by atoms with van der Waals surface area (Å²) in [6.45, 7) is 4.17. The van der Waals surface area contributed by atoms with Gasteiger partial charge in [-0.25, -0.2) is 0 Å². The van der Waals surface area contributed by atoms with Crippen LogP contribution < -0.4 is 0 Å². The van der Waals surface area contributed by atoms with Crippen molar-refractivity contribution < 1.29 is 9.63 Å². The molecule has 2 atom stereocenters. The molecule has 15 heavy (non-hydrogen) atoms. The summed E-state index contributed by atoms with van der Waals surface area (Å²) in [5.41, 5.74) is 0. The van der Waals surface area contributed by atoms with Crippen LogP contribution in [-0.4, -0.2) is 21.4 Å². The van der Waals surface area contributed by atoms with E-state index in [2.05, 4.69) is 24.0 Å². The molecule has 1 heterocycles. The molecule has 4 heteroatoms. The van der Waals surface area contributed by atoms with Crippen molar-refractivity contribution in [2.45, 2.75) is 51.6 Å². The lowest BCUT2D eigenvalue weighted by molar-refractivity contribution is 0.140. The summed E-state index contributed by atoms with van der Waals surface area (Å²) in [5.74, 6) is 2.13. The van der Waals surface area contributed by atoms with Crippen LogP contribution in [0.3, 0.4) is 0 Å². The van der Waals surface area contributed by atoms with Gasteiger partial charge in [0.05, 0.1) is 12.5 Å². The first-order valence-electron chi connectivity index (χ1n) is 5.71. The summed E-state index contributed by atoms with van der Waals surface area (Å²) in [7, 11) is 0. The van der Waals surface area contributed by atoms with Crippen molar-refractivity contribution in [1.29, 1.82) is 0 Å². The monoisotopic (exact) mass is 210 g/mol. The predicted octanol–water partition coefficient (Wildman–Crippen LogP) is 1.90. The molecule has 4 nitrogen and oxygen atoms in total. The Kier molecular flexibility index (Phi) is 3.05. The van der Waals surface area contributed by atoms with E-state index in [4.69, 9.17) is 4.52 Å². The van der Waals surface area contributed by atoms with Gasteiger partial charge in [-0.3, -0.25) is 0 Å². The van der Waals surface area contributed by atoms with E-state index in [1.54, 1.807) is 0 Å². The van der Waals surface area contributed by atoms with E-state index >= 15 is 0 Å². The maximum absolute atomic E-state index is 9.72. The molecule has 0 bridgehead atoms. The molecule has 0 amide bonds. The molecule has 0 radical (unpaired) electrons. The van der Waals surface area contributed by atoms with Crippen molar-refractivity contribution >= 4 is 0 Å². The average Bonchev–Trinajstić information content (AvgIpc) is 2.99. The molecule has 2 unspecified atom stereocenters. The minimum atomic E-state index is -0.296. The number of hydrogen-bond donors (Lipinski definition) is 1. The van der Waals surface area contributed by atoms with Gasteiger partial charge < -0.3 is 9.63 Å². The number of aromatic nitrogens is 2. The molecule has 2 rings (SSSR count). The molecule has 84 valence electrons. The molecule has 0 aromatic carbocycles. The van der Waals surface area contributed by atoms with E-state index in [1.165, 1.54) is 0 Å². The second-order valence-corrected chi connectivity index (χ2v) is 4.46. The lowest BCUT2D eigenvalue weighted by Crippen LogP contribution is -2.12. The second kappa shape index (κ2) is 4.31. The van der Waals surface area contributed by atoms with Crippen LogP contribution in [0.5, 0.6) is 0 Å². The highest BCUT2D eigenvalue weighted by Crippen LogP contribution is 2.33. The quantitative estimate of drug-likeness (QED) is 0.806. The van der Waals surface area contributed by atoms with Crippen molar-refractivity contribution in [3.63, 3.8) is 0 Å². The van der Waals surface area contributed by atoms with Gasteiger partial charge in [0.2, 0.25) is 5.89 Å². The van der Waals surface area contributed by atoms with Crippen LogP contribution in [0, 0.1) is 5.92 Å². The molecule has 1 N–H and O–H groups in total. The van der Waals surface area contributed by atoms with Crippen LogP contribution in [0.1, 0.15) is 50.7 Å². The minimum Gasteiger partial charge on any atom is -0.392 e. The second-order valence-electron chi connectivity index (χ2n) is 4.46. The highest BCUT2D eigenvalue weighted by molar-refractivity contribution is 4.95. The van der Waals surface area contributed by atoms with Crippen LogP contribution in [0.25, 0.3) is 0 Å². The third-order valence-corrected chi connectivity index (χ3v) is 3.09. The third kappa shape index (κ3) is 2.56. The van der Waals surface area contributed by atoms with Gasteiger partial charge in [-0.1, -0.05) is 19.0 Å². The SMILES string of the molecule is CCC(C)c1noc(CC(O)C2CC2)n1. The average molecular weight is 210 g/mol. The van der Waals surface area contributed by atoms with Gasteiger partial charge in [0, 0.05) is 5.92 Å². The standard InChI is InChI=1S/C11H18N2O2/c1-3-7(2)11-12-10(15-13-11)6-9(14)8-4-5-8/h7-9,14H,3-6H2,1-2H3. The fraction of sp³-hybridized carbons (Fsp3) is 0.818. The Bertz CT molecular complexity index is 320.